The van der Waals surface area contributed by atoms with Crippen LogP contribution in [0.15, 0.2) is 6.33 Å². The summed E-state index contributed by atoms with van der Waals surface area (Å²) in [5.41, 5.74) is 7.11. The lowest BCUT2D eigenvalue weighted by molar-refractivity contribution is -0.138. The lowest BCUT2D eigenvalue weighted by atomic mass is 10.1. The second-order valence-corrected chi connectivity index (χ2v) is 3.04. The van der Waals surface area contributed by atoms with Crippen LogP contribution in [-0.4, -0.2) is 26.7 Å². The third kappa shape index (κ3) is 2.06. The van der Waals surface area contributed by atoms with Crippen molar-refractivity contribution < 1.29 is 9.90 Å². The van der Waals surface area contributed by atoms with Crippen molar-refractivity contribution in [3.05, 3.63) is 17.7 Å². The van der Waals surface area contributed by atoms with Crippen molar-refractivity contribution in [2.45, 2.75) is 19.4 Å². The second-order valence-electron chi connectivity index (χ2n) is 3.04. The molecule has 0 aromatic carbocycles. The number of nitrogens with two attached hydrogens (primary N) is 1. The first kappa shape index (κ1) is 9.73. The summed E-state index contributed by atoms with van der Waals surface area (Å²) in [7, 11) is 1.82. The average Bonchev–Trinajstić information content (AvgIpc) is 2.35. The monoisotopic (exact) mass is 183 g/mol. The van der Waals surface area contributed by atoms with Crippen LogP contribution in [0.4, 0.5) is 0 Å². The second kappa shape index (κ2) is 3.57. The molecule has 1 heterocycles. The number of hydrogen-bond acceptors (Lipinski definition) is 3. The molecule has 72 valence electrons. The summed E-state index contributed by atoms with van der Waals surface area (Å²) in [6.07, 6.45) is 1.97. The van der Waals surface area contributed by atoms with Gasteiger partial charge in [-0.2, -0.15) is 0 Å². The molecule has 0 spiro atoms. The largest absolute Gasteiger partial charge is 0.480 e. The number of carbonyl (C=O) groups is 1. The summed E-state index contributed by atoms with van der Waals surface area (Å²) in [6.45, 7) is 1.84. The van der Waals surface area contributed by atoms with E-state index in [0.717, 1.165) is 11.4 Å². The maximum Gasteiger partial charge on any atom is 0.320 e. The van der Waals surface area contributed by atoms with Gasteiger partial charge in [-0.1, -0.05) is 0 Å². The molecule has 1 aromatic heterocycles. The highest BCUT2D eigenvalue weighted by atomic mass is 16.4. The molecule has 1 rings (SSSR count). The van der Waals surface area contributed by atoms with E-state index in [4.69, 9.17) is 10.8 Å². The Kier molecular flexibility index (Phi) is 2.67. The van der Waals surface area contributed by atoms with E-state index in [1.165, 1.54) is 0 Å². The van der Waals surface area contributed by atoms with Crippen LogP contribution < -0.4 is 5.73 Å². The molecule has 5 nitrogen and oxygen atoms in total. The van der Waals surface area contributed by atoms with Crippen LogP contribution in [-0.2, 0) is 18.3 Å². The Labute approximate surface area is 76.2 Å². The van der Waals surface area contributed by atoms with Gasteiger partial charge in [-0.3, -0.25) is 4.79 Å². The Hall–Kier alpha value is -1.36. The molecule has 0 aliphatic heterocycles. The van der Waals surface area contributed by atoms with E-state index >= 15 is 0 Å². The van der Waals surface area contributed by atoms with Gasteiger partial charge < -0.3 is 15.4 Å². The van der Waals surface area contributed by atoms with Crippen LogP contribution in [0.3, 0.4) is 0 Å². The molecule has 0 radical (unpaired) electrons. The van der Waals surface area contributed by atoms with Crippen molar-refractivity contribution in [3.8, 4) is 0 Å². The predicted octanol–water partition coefficient (Wildman–Crippen LogP) is -0.317. The van der Waals surface area contributed by atoms with Gasteiger partial charge in [0.25, 0.3) is 0 Å². The molecule has 0 amide bonds. The van der Waals surface area contributed by atoms with Gasteiger partial charge in [-0.25, -0.2) is 4.98 Å². The van der Waals surface area contributed by atoms with Crippen LogP contribution in [0, 0.1) is 6.92 Å². The number of aryl methyl sites for hydroxylation is 2. The lowest BCUT2D eigenvalue weighted by Crippen LogP contribution is -2.33. The third-order valence-corrected chi connectivity index (χ3v) is 2.00. The van der Waals surface area contributed by atoms with Crippen LogP contribution in [0.2, 0.25) is 0 Å². The van der Waals surface area contributed by atoms with E-state index in [2.05, 4.69) is 4.98 Å². The number of carboxylic acid groups (broad SMARTS) is 1. The van der Waals surface area contributed by atoms with E-state index < -0.39 is 12.0 Å². The number of carboxylic acids is 1. The highest BCUT2D eigenvalue weighted by molar-refractivity contribution is 5.73. The first-order valence-corrected chi connectivity index (χ1v) is 3.97. The normalized spacial score (nSPS) is 12.8. The SMILES string of the molecule is Cc1ncn(C)c1CC(N)C(=O)O. The van der Waals surface area contributed by atoms with Crippen molar-refractivity contribution >= 4 is 5.97 Å². The standard InChI is InChI=1S/C8H13N3O2/c1-5-7(11(2)4-10-5)3-6(9)8(12)13/h4,6H,3,9H2,1-2H3,(H,12,13). The first-order chi connectivity index (χ1) is 6.02. The maximum absolute atomic E-state index is 10.5. The molecule has 1 aromatic rings. The molecule has 5 heteroatoms. The average molecular weight is 183 g/mol. The number of imidazole rings is 1. The molecule has 0 saturated carbocycles. The minimum atomic E-state index is -0.986. The molecule has 1 atom stereocenters. The Morgan fingerprint density at radius 1 is 1.85 bits per heavy atom. The molecule has 0 aliphatic carbocycles. The van der Waals surface area contributed by atoms with E-state index in [1.54, 1.807) is 10.9 Å². The zero-order chi connectivity index (χ0) is 10.0. The smallest absolute Gasteiger partial charge is 0.320 e. The minimum absolute atomic E-state index is 0.317. The van der Waals surface area contributed by atoms with E-state index in [0.29, 0.717) is 6.42 Å². The van der Waals surface area contributed by atoms with Gasteiger partial charge >= 0.3 is 5.97 Å². The van der Waals surface area contributed by atoms with Crippen molar-refractivity contribution in [1.29, 1.82) is 0 Å². The molecule has 1 unspecified atom stereocenters. The number of aliphatic carboxylic acids is 1. The molecule has 13 heavy (non-hydrogen) atoms. The van der Waals surface area contributed by atoms with E-state index in [9.17, 15) is 4.79 Å². The fourth-order valence-electron chi connectivity index (χ4n) is 1.16. The van der Waals surface area contributed by atoms with Gasteiger partial charge in [0.2, 0.25) is 0 Å². The summed E-state index contributed by atoms with van der Waals surface area (Å²) in [5, 5.41) is 8.61. The summed E-state index contributed by atoms with van der Waals surface area (Å²) in [5.74, 6) is -0.986. The fourth-order valence-corrected chi connectivity index (χ4v) is 1.16. The minimum Gasteiger partial charge on any atom is -0.480 e. The topological polar surface area (TPSA) is 81.1 Å². The van der Waals surface area contributed by atoms with Gasteiger partial charge in [0.1, 0.15) is 6.04 Å². The summed E-state index contributed by atoms with van der Waals surface area (Å²) in [4.78, 5) is 14.5. The van der Waals surface area contributed by atoms with Crippen molar-refractivity contribution in [3.63, 3.8) is 0 Å². The van der Waals surface area contributed by atoms with Gasteiger partial charge in [0.05, 0.1) is 12.0 Å². The van der Waals surface area contributed by atoms with Gasteiger partial charge in [-0.05, 0) is 6.92 Å². The first-order valence-electron chi connectivity index (χ1n) is 3.97. The number of rotatable bonds is 3. The van der Waals surface area contributed by atoms with Crippen molar-refractivity contribution in [2.75, 3.05) is 0 Å². The predicted molar refractivity (Wildman–Crippen MR) is 47.3 cm³/mol. The third-order valence-electron chi connectivity index (χ3n) is 2.00. The fraction of sp³-hybridized carbons (Fsp3) is 0.500. The van der Waals surface area contributed by atoms with E-state index in [-0.39, 0.29) is 0 Å². The quantitative estimate of drug-likeness (QED) is 0.673. The number of nitrogens with zero attached hydrogens (tertiary/aromatic N) is 2. The lowest BCUT2D eigenvalue weighted by Gasteiger charge is -2.07. The molecule has 3 N–H and O–H groups in total. The zero-order valence-corrected chi connectivity index (χ0v) is 7.69. The Bertz CT molecular complexity index is 300. The van der Waals surface area contributed by atoms with Gasteiger partial charge in [0, 0.05) is 19.2 Å². The van der Waals surface area contributed by atoms with Crippen LogP contribution in [0.1, 0.15) is 11.4 Å². The van der Waals surface area contributed by atoms with E-state index in [1.807, 2.05) is 14.0 Å². The van der Waals surface area contributed by atoms with Gasteiger partial charge in [-0.15, -0.1) is 0 Å². The molecule has 0 saturated heterocycles. The number of aromatic nitrogens is 2. The van der Waals surface area contributed by atoms with Gasteiger partial charge in [0.15, 0.2) is 0 Å². The molecule has 0 fully saturated rings. The highest BCUT2D eigenvalue weighted by Crippen LogP contribution is 2.06. The van der Waals surface area contributed by atoms with Crippen LogP contribution in [0.25, 0.3) is 0 Å². The van der Waals surface area contributed by atoms with Crippen molar-refractivity contribution in [2.24, 2.45) is 12.8 Å². The van der Waals surface area contributed by atoms with Crippen molar-refractivity contribution in [1.82, 2.24) is 9.55 Å². The molecule has 0 aliphatic rings. The Morgan fingerprint density at radius 2 is 2.46 bits per heavy atom. The molecular weight excluding hydrogens is 170 g/mol. The Balaban J connectivity index is 2.79. The Morgan fingerprint density at radius 3 is 2.85 bits per heavy atom. The van der Waals surface area contributed by atoms with Crippen LogP contribution in [0.5, 0.6) is 0 Å². The maximum atomic E-state index is 10.5. The molecular formula is C8H13N3O2. The summed E-state index contributed by atoms with van der Waals surface area (Å²) >= 11 is 0. The number of hydrogen-bond donors (Lipinski definition) is 2. The summed E-state index contributed by atoms with van der Waals surface area (Å²) < 4.78 is 1.79. The molecule has 0 bridgehead atoms. The summed E-state index contributed by atoms with van der Waals surface area (Å²) in [6, 6.07) is -0.853. The zero-order valence-electron chi connectivity index (χ0n) is 7.69. The highest BCUT2D eigenvalue weighted by Gasteiger charge is 2.15. The van der Waals surface area contributed by atoms with Crippen LogP contribution >= 0.6 is 0 Å².